The standard InChI is InChI=1S/C13H21N5S/c1-4-5-14-11-8-18-7-6-15-13(18)12(17-11)16-10(2)9-19-3/h6-8,10,14H,4-5,9H2,1-3H3,(H,16,17). The van der Waals surface area contributed by atoms with Crippen molar-refractivity contribution in [3.05, 3.63) is 18.6 Å². The number of anilines is 2. The van der Waals surface area contributed by atoms with Gasteiger partial charge in [-0.25, -0.2) is 9.97 Å². The van der Waals surface area contributed by atoms with Crippen LogP contribution >= 0.6 is 11.8 Å². The van der Waals surface area contributed by atoms with Crippen LogP contribution in [0.5, 0.6) is 0 Å². The second kappa shape index (κ2) is 6.65. The summed E-state index contributed by atoms with van der Waals surface area (Å²) in [6.45, 7) is 5.22. The monoisotopic (exact) mass is 279 g/mol. The van der Waals surface area contributed by atoms with Gasteiger partial charge in [0.1, 0.15) is 5.82 Å². The van der Waals surface area contributed by atoms with Crippen molar-refractivity contribution in [2.24, 2.45) is 0 Å². The zero-order chi connectivity index (χ0) is 13.7. The smallest absolute Gasteiger partial charge is 0.180 e. The molecular weight excluding hydrogens is 258 g/mol. The molecule has 0 aliphatic heterocycles. The fourth-order valence-electron chi connectivity index (χ4n) is 1.89. The lowest BCUT2D eigenvalue weighted by molar-refractivity contribution is 0.897. The average Bonchev–Trinajstić information content (AvgIpc) is 2.85. The molecule has 0 radical (unpaired) electrons. The maximum Gasteiger partial charge on any atom is 0.180 e. The van der Waals surface area contributed by atoms with E-state index in [2.05, 4.69) is 40.7 Å². The molecule has 2 N–H and O–H groups in total. The van der Waals surface area contributed by atoms with Crippen LogP contribution in [0.25, 0.3) is 5.65 Å². The van der Waals surface area contributed by atoms with E-state index in [0.717, 1.165) is 36.0 Å². The molecule has 2 rings (SSSR count). The van der Waals surface area contributed by atoms with E-state index in [1.807, 2.05) is 28.6 Å². The van der Waals surface area contributed by atoms with Gasteiger partial charge in [0, 0.05) is 30.7 Å². The summed E-state index contributed by atoms with van der Waals surface area (Å²) in [6.07, 6.45) is 8.90. The van der Waals surface area contributed by atoms with Crippen LogP contribution in [0.2, 0.25) is 0 Å². The Morgan fingerprint density at radius 1 is 1.47 bits per heavy atom. The maximum atomic E-state index is 4.62. The van der Waals surface area contributed by atoms with E-state index < -0.39 is 0 Å². The van der Waals surface area contributed by atoms with Crippen molar-refractivity contribution >= 4 is 29.0 Å². The highest BCUT2D eigenvalue weighted by molar-refractivity contribution is 7.98. The molecule has 1 unspecified atom stereocenters. The topological polar surface area (TPSA) is 54.2 Å². The summed E-state index contributed by atoms with van der Waals surface area (Å²) in [7, 11) is 0. The number of fused-ring (bicyclic) bond motifs is 1. The van der Waals surface area contributed by atoms with Gasteiger partial charge in [-0.05, 0) is 19.6 Å². The summed E-state index contributed by atoms with van der Waals surface area (Å²) in [6, 6.07) is 0.365. The van der Waals surface area contributed by atoms with Gasteiger partial charge in [0.2, 0.25) is 0 Å². The lowest BCUT2D eigenvalue weighted by Gasteiger charge is -2.15. The van der Waals surface area contributed by atoms with Crippen molar-refractivity contribution in [1.82, 2.24) is 14.4 Å². The van der Waals surface area contributed by atoms with E-state index in [9.17, 15) is 0 Å². The van der Waals surface area contributed by atoms with Crippen LogP contribution in [0, 0.1) is 0 Å². The highest BCUT2D eigenvalue weighted by Gasteiger charge is 2.09. The number of nitrogens with zero attached hydrogens (tertiary/aromatic N) is 3. The van der Waals surface area contributed by atoms with Crippen LogP contribution in [0.4, 0.5) is 11.6 Å². The van der Waals surface area contributed by atoms with Gasteiger partial charge in [0.25, 0.3) is 0 Å². The summed E-state index contributed by atoms with van der Waals surface area (Å²) in [5.41, 5.74) is 0.870. The Hall–Kier alpha value is -1.43. The molecule has 0 amide bonds. The highest BCUT2D eigenvalue weighted by Crippen LogP contribution is 2.17. The fourth-order valence-corrected chi connectivity index (χ4v) is 2.48. The van der Waals surface area contributed by atoms with Gasteiger partial charge >= 0.3 is 0 Å². The molecule has 5 nitrogen and oxygen atoms in total. The molecule has 2 aromatic rings. The fraction of sp³-hybridized carbons (Fsp3) is 0.538. The van der Waals surface area contributed by atoms with Crippen LogP contribution in [0.15, 0.2) is 18.6 Å². The van der Waals surface area contributed by atoms with Gasteiger partial charge in [-0.15, -0.1) is 0 Å². The quantitative estimate of drug-likeness (QED) is 0.816. The third kappa shape index (κ3) is 3.53. The van der Waals surface area contributed by atoms with Gasteiger partial charge in [-0.1, -0.05) is 6.92 Å². The van der Waals surface area contributed by atoms with Crippen molar-refractivity contribution in [2.75, 3.05) is 29.2 Å². The third-order valence-electron chi connectivity index (χ3n) is 2.73. The van der Waals surface area contributed by atoms with Crippen molar-refractivity contribution in [3.63, 3.8) is 0 Å². The second-order valence-electron chi connectivity index (χ2n) is 4.56. The second-order valence-corrected chi connectivity index (χ2v) is 5.47. The van der Waals surface area contributed by atoms with Crippen LogP contribution < -0.4 is 10.6 Å². The summed E-state index contributed by atoms with van der Waals surface area (Å²) in [5, 5.41) is 6.75. The van der Waals surface area contributed by atoms with E-state index in [0.29, 0.717) is 6.04 Å². The molecule has 2 heterocycles. The molecule has 0 bridgehead atoms. The molecular formula is C13H21N5S. The van der Waals surface area contributed by atoms with Crippen LogP contribution in [-0.2, 0) is 0 Å². The van der Waals surface area contributed by atoms with E-state index in [4.69, 9.17) is 0 Å². The van der Waals surface area contributed by atoms with Gasteiger partial charge in [-0.3, -0.25) is 0 Å². The van der Waals surface area contributed by atoms with Crippen molar-refractivity contribution < 1.29 is 0 Å². The molecule has 6 heteroatoms. The highest BCUT2D eigenvalue weighted by atomic mass is 32.2. The first-order chi connectivity index (χ1) is 9.24. The SMILES string of the molecule is CCCNc1cn2ccnc2c(NC(C)CSC)n1. The largest absolute Gasteiger partial charge is 0.369 e. The minimum absolute atomic E-state index is 0.365. The predicted molar refractivity (Wildman–Crippen MR) is 83.2 cm³/mol. The summed E-state index contributed by atoms with van der Waals surface area (Å²) < 4.78 is 2.00. The Kier molecular flexibility index (Phi) is 4.90. The zero-order valence-corrected chi connectivity index (χ0v) is 12.5. The number of imidazole rings is 1. The number of hydrogen-bond donors (Lipinski definition) is 2. The summed E-state index contributed by atoms with van der Waals surface area (Å²) >= 11 is 1.82. The summed E-state index contributed by atoms with van der Waals surface area (Å²) in [4.78, 5) is 8.97. The van der Waals surface area contributed by atoms with Crippen molar-refractivity contribution in [1.29, 1.82) is 0 Å². The number of aromatic nitrogens is 3. The Morgan fingerprint density at radius 3 is 3.05 bits per heavy atom. The lowest BCUT2D eigenvalue weighted by atomic mass is 10.4. The molecule has 0 saturated heterocycles. The predicted octanol–water partition coefficient (Wildman–Crippen LogP) is 2.71. The minimum atomic E-state index is 0.365. The Morgan fingerprint density at radius 2 is 2.32 bits per heavy atom. The minimum Gasteiger partial charge on any atom is -0.369 e. The molecule has 19 heavy (non-hydrogen) atoms. The van der Waals surface area contributed by atoms with Crippen LogP contribution in [0.1, 0.15) is 20.3 Å². The van der Waals surface area contributed by atoms with Gasteiger partial charge in [0.15, 0.2) is 11.5 Å². The lowest BCUT2D eigenvalue weighted by Crippen LogP contribution is -2.19. The van der Waals surface area contributed by atoms with E-state index in [1.165, 1.54) is 0 Å². The third-order valence-corrected chi connectivity index (χ3v) is 3.56. The first-order valence-corrected chi connectivity index (χ1v) is 7.97. The van der Waals surface area contributed by atoms with Gasteiger partial charge in [0.05, 0.1) is 6.20 Å². The molecule has 0 spiro atoms. The number of hydrogen-bond acceptors (Lipinski definition) is 5. The van der Waals surface area contributed by atoms with Crippen molar-refractivity contribution in [3.8, 4) is 0 Å². The normalized spacial score (nSPS) is 12.6. The van der Waals surface area contributed by atoms with Crippen LogP contribution in [0.3, 0.4) is 0 Å². The molecule has 0 aliphatic rings. The summed E-state index contributed by atoms with van der Waals surface area (Å²) in [5.74, 6) is 2.76. The first-order valence-electron chi connectivity index (χ1n) is 6.57. The van der Waals surface area contributed by atoms with E-state index in [-0.39, 0.29) is 0 Å². The van der Waals surface area contributed by atoms with E-state index >= 15 is 0 Å². The number of rotatable bonds is 7. The van der Waals surface area contributed by atoms with Gasteiger partial charge < -0.3 is 15.0 Å². The Bertz CT molecular complexity index is 525. The Labute approximate surface area is 118 Å². The number of nitrogens with one attached hydrogen (secondary N) is 2. The average molecular weight is 279 g/mol. The van der Waals surface area contributed by atoms with Crippen LogP contribution in [-0.4, -0.2) is 39.0 Å². The first kappa shape index (κ1) is 14.0. The molecule has 104 valence electrons. The molecule has 0 aliphatic carbocycles. The molecule has 2 aromatic heterocycles. The maximum absolute atomic E-state index is 4.62. The van der Waals surface area contributed by atoms with Crippen molar-refractivity contribution in [2.45, 2.75) is 26.3 Å². The molecule has 0 fully saturated rings. The van der Waals surface area contributed by atoms with Gasteiger partial charge in [-0.2, -0.15) is 11.8 Å². The molecule has 1 atom stereocenters. The Balaban J connectivity index is 2.25. The number of thioether (sulfide) groups is 1. The zero-order valence-electron chi connectivity index (χ0n) is 11.7. The molecule has 0 aromatic carbocycles. The van der Waals surface area contributed by atoms with E-state index in [1.54, 1.807) is 6.20 Å². The molecule has 0 saturated carbocycles.